The van der Waals surface area contributed by atoms with Crippen LogP contribution in [-0.2, 0) is 20.8 Å². The maximum atomic E-state index is 12.7. The molecule has 6 rings (SSSR count). The lowest BCUT2D eigenvalue weighted by molar-refractivity contribution is -0.137. The van der Waals surface area contributed by atoms with E-state index >= 15 is 0 Å². The quantitative estimate of drug-likeness (QED) is 0.190. The summed E-state index contributed by atoms with van der Waals surface area (Å²) in [5.74, 6) is 0.956. The van der Waals surface area contributed by atoms with Crippen LogP contribution in [0.2, 0.25) is 0 Å². The van der Waals surface area contributed by atoms with Gasteiger partial charge in [-0.3, -0.25) is 9.59 Å². The Morgan fingerprint density at radius 3 is 2.65 bits per heavy atom. The number of likely N-dealkylation sites (tertiary alicyclic amines) is 1. The molecular weight excluding hydrogens is 622 g/mol. The van der Waals surface area contributed by atoms with Gasteiger partial charge in [-0.1, -0.05) is 0 Å². The summed E-state index contributed by atoms with van der Waals surface area (Å²) in [5.41, 5.74) is 6.04. The lowest BCUT2D eigenvalue weighted by atomic mass is 9.93. The van der Waals surface area contributed by atoms with Gasteiger partial charge in [0.05, 0.1) is 24.4 Å². The Labute approximate surface area is 288 Å². The van der Waals surface area contributed by atoms with Crippen LogP contribution in [0.25, 0.3) is 5.69 Å². The Kier molecular flexibility index (Phi) is 11.1. The van der Waals surface area contributed by atoms with Gasteiger partial charge in [-0.05, 0) is 87.5 Å². The summed E-state index contributed by atoms with van der Waals surface area (Å²) in [4.78, 5) is 46.8. The average molecular weight is 672 g/mol. The number of carboxylic acid groups (broad SMARTS) is 1. The predicted octanol–water partition coefficient (Wildman–Crippen LogP) is 4.22. The number of unbranched alkanes of at least 4 members (excludes halogenated alkanes) is 1. The first kappa shape index (κ1) is 34.4. The molecule has 262 valence electrons. The second-order valence-corrected chi connectivity index (χ2v) is 13.8. The summed E-state index contributed by atoms with van der Waals surface area (Å²) >= 11 is 0. The number of aldehydes is 1. The fourth-order valence-electron chi connectivity index (χ4n) is 7.38. The molecule has 2 aromatic heterocycles. The van der Waals surface area contributed by atoms with Crippen LogP contribution in [-0.4, -0.2) is 107 Å². The van der Waals surface area contributed by atoms with Gasteiger partial charge in [-0.25, -0.2) is 4.68 Å². The van der Waals surface area contributed by atoms with E-state index in [2.05, 4.69) is 44.4 Å². The fourth-order valence-corrected chi connectivity index (χ4v) is 7.38. The number of carbonyl (C=O) groups excluding carboxylic acids is 2. The molecule has 2 N–H and O–H groups in total. The van der Waals surface area contributed by atoms with Crippen molar-refractivity contribution in [2.75, 3.05) is 69.2 Å². The van der Waals surface area contributed by atoms with Crippen molar-refractivity contribution < 1.29 is 24.2 Å². The minimum Gasteiger partial charge on any atom is -0.481 e. The van der Waals surface area contributed by atoms with Crippen LogP contribution in [0.15, 0.2) is 36.4 Å². The number of nitrogens with one attached hydrogen (secondary N) is 1. The number of amides is 1. The number of fused-ring (bicyclic) bond motifs is 1. The molecule has 2 fully saturated rings. The summed E-state index contributed by atoms with van der Waals surface area (Å²) in [6, 6.07) is 12.5. The number of piperazine rings is 1. The number of hydrogen-bond acceptors (Lipinski definition) is 9. The molecular formula is C37H49N7O5. The molecule has 0 aliphatic carbocycles. The van der Waals surface area contributed by atoms with Crippen molar-refractivity contribution in [2.45, 2.75) is 64.7 Å². The molecule has 1 aromatic carbocycles. The lowest BCUT2D eigenvalue weighted by Gasteiger charge is -2.37. The number of benzene rings is 1. The van der Waals surface area contributed by atoms with E-state index in [1.54, 1.807) is 0 Å². The molecule has 49 heavy (non-hydrogen) atoms. The highest BCUT2D eigenvalue weighted by Crippen LogP contribution is 2.32. The van der Waals surface area contributed by atoms with E-state index in [0.717, 1.165) is 79.3 Å². The highest BCUT2D eigenvalue weighted by Gasteiger charge is 2.29. The average Bonchev–Trinajstić information content (AvgIpc) is 3.71. The first-order valence-corrected chi connectivity index (χ1v) is 17.7. The molecule has 0 radical (unpaired) electrons. The van der Waals surface area contributed by atoms with Crippen molar-refractivity contribution >= 4 is 29.7 Å². The smallest absolute Gasteiger partial charge is 0.304 e. The third-order valence-electron chi connectivity index (χ3n) is 9.97. The molecule has 1 amide bonds. The monoisotopic (exact) mass is 671 g/mol. The van der Waals surface area contributed by atoms with Crippen LogP contribution in [0.3, 0.4) is 0 Å². The van der Waals surface area contributed by atoms with Gasteiger partial charge in [0, 0.05) is 87.9 Å². The third kappa shape index (κ3) is 8.78. The first-order valence-electron chi connectivity index (χ1n) is 17.7. The maximum absolute atomic E-state index is 12.7. The molecule has 2 unspecified atom stereocenters. The van der Waals surface area contributed by atoms with Gasteiger partial charge in [0.15, 0.2) is 0 Å². The minimum absolute atomic E-state index is 0.0206. The fraction of sp³-hybridized carbons (Fsp3) is 0.541. The van der Waals surface area contributed by atoms with Gasteiger partial charge >= 0.3 is 5.97 Å². The van der Waals surface area contributed by atoms with Gasteiger partial charge in [0.2, 0.25) is 11.8 Å². The van der Waals surface area contributed by atoms with E-state index in [1.165, 1.54) is 5.56 Å². The summed E-state index contributed by atoms with van der Waals surface area (Å²) in [6.07, 6.45) is 5.40. The minimum atomic E-state index is -0.823. The third-order valence-corrected chi connectivity index (χ3v) is 9.97. The van der Waals surface area contributed by atoms with Gasteiger partial charge in [-0.2, -0.15) is 10.1 Å². The van der Waals surface area contributed by atoms with Crippen LogP contribution in [0, 0.1) is 19.8 Å². The molecule has 12 nitrogen and oxygen atoms in total. The SMILES string of the molecule is Cc1cc(C)n(-c2cc(C(CC(=O)O)CN3CCC(COc4ccc5c(n4)NCCC5)C3)cc(N3CCN(C(=O)CCCC=O)CC3)c2)n1. The van der Waals surface area contributed by atoms with Gasteiger partial charge < -0.3 is 34.7 Å². The van der Waals surface area contributed by atoms with E-state index in [4.69, 9.17) is 9.84 Å². The van der Waals surface area contributed by atoms with Crippen molar-refractivity contribution in [1.29, 1.82) is 0 Å². The number of rotatable bonds is 14. The number of aryl methyl sites for hydroxylation is 3. The number of aliphatic carboxylic acids is 1. The zero-order valence-electron chi connectivity index (χ0n) is 28.8. The molecule has 3 aromatic rings. The van der Waals surface area contributed by atoms with Gasteiger partial charge in [-0.15, -0.1) is 0 Å². The van der Waals surface area contributed by atoms with Crippen molar-refractivity contribution in [3.8, 4) is 11.6 Å². The van der Waals surface area contributed by atoms with Crippen molar-refractivity contribution in [2.24, 2.45) is 5.92 Å². The van der Waals surface area contributed by atoms with Crippen LogP contribution < -0.4 is 15.0 Å². The number of carboxylic acids is 1. The Balaban J connectivity index is 1.16. The zero-order valence-corrected chi connectivity index (χ0v) is 28.8. The lowest BCUT2D eigenvalue weighted by Crippen LogP contribution is -2.48. The molecule has 3 aliphatic heterocycles. The summed E-state index contributed by atoms with van der Waals surface area (Å²) in [6.45, 7) is 10.4. The largest absolute Gasteiger partial charge is 0.481 e. The topological polar surface area (TPSA) is 133 Å². The molecule has 3 aliphatic rings. The molecule has 0 saturated carbocycles. The van der Waals surface area contributed by atoms with Crippen LogP contribution in [0.1, 0.15) is 67.0 Å². The summed E-state index contributed by atoms with van der Waals surface area (Å²) in [7, 11) is 0. The zero-order chi connectivity index (χ0) is 34.3. The number of hydrogen-bond donors (Lipinski definition) is 2. The Hall–Kier alpha value is -4.45. The predicted molar refractivity (Wildman–Crippen MR) is 188 cm³/mol. The van der Waals surface area contributed by atoms with Crippen LogP contribution in [0.4, 0.5) is 11.5 Å². The van der Waals surface area contributed by atoms with Crippen molar-refractivity contribution in [1.82, 2.24) is 24.6 Å². The maximum Gasteiger partial charge on any atom is 0.304 e. The molecule has 2 atom stereocenters. The second kappa shape index (κ2) is 15.8. The summed E-state index contributed by atoms with van der Waals surface area (Å²) in [5, 5.41) is 18.2. The molecule has 5 heterocycles. The number of carbonyl (C=O) groups is 3. The van der Waals surface area contributed by atoms with Crippen molar-refractivity contribution in [3.05, 3.63) is 58.9 Å². The van der Waals surface area contributed by atoms with E-state index < -0.39 is 5.97 Å². The number of anilines is 2. The van der Waals surface area contributed by atoms with Crippen molar-refractivity contribution in [3.63, 3.8) is 0 Å². The molecule has 2 saturated heterocycles. The highest BCUT2D eigenvalue weighted by molar-refractivity contribution is 5.77. The number of aromatic nitrogens is 3. The van der Waals surface area contributed by atoms with E-state index in [1.807, 2.05) is 35.6 Å². The van der Waals surface area contributed by atoms with Crippen LogP contribution in [0.5, 0.6) is 5.88 Å². The Bertz CT molecular complexity index is 1630. The number of ether oxygens (including phenoxy) is 1. The normalized spacial score (nSPS) is 18.5. The van der Waals surface area contributed by atoms with E-state index in [-0.39, 0.29) is 18.2 Å². The van der Waals surface area contributed by atoms with Gasteiger partial charge in [0.1, 0.15) is 12.1 Å². The number of nitrogens with zero attached hydrogens (tertiary/aromatic N) is 6. The first-order chi connectivity index (χ1) is 23.7. The second-order valence-electron chi connectivity index (χ2n) is 13.8. The highest BCUT2D eigenvalue weighted by atomic mass is 16.5. The summed E-state index contributed by atoms with van der Waals surface area (Å²) < 4.78 is 8.07. The van der Waals surface area contributed by atoms with E-state index in [0.29, 0.717) is 70.4 Å². The van der Waals surface area contributed by atoms with Gasteiger partial charge in [0.25, 0.3) is 0 Å². The van der Waals surface area contributed by atoms with Crippen LogP contribution >= 0.6 is 0 Å². The standard InChI is InChI=1S/C37H49N7O5/c1-26-18-27(2)44(40-26)33-20-30(19-32(22-33)42-13-15-43(16-14-42)35(46)7-3-4-17-45)31(21-36(47)48)24-41-12-10-28(23-41)25-49-34-9-8-29-6-5-11-38-37(29)39-34/h8-9,17-20,22,28,31H,3-7,10-16,21,23-25H2,1-2H3,(H,38,39)(H,47,48). The van der Waals surface area contributed by atoms with E-state index in [9.17, 15) is 19.5 Å². The Morgan fingerprint density at radius 2 is 1.90 bits per heavy atom. The molecule has 0 bridgehead atoms. The Morgan fingerprint density at radius 1 is 1.08 bits per heavy atom. The molecule has 12 heteroatoms. The number of pyridine rings is 1. The molecule has 0 spiro atoms.